The van der Waals surface area contributed by atoms with Gasteiger partial charge in [0.05, 0.1) is 29.5 Å². The molecule has 0 bridgehead atoms. The van der Waals surface area contributed by atoms with Gasteiger partial charge in [-0.15, -0.1) is 0 Å². The lowest BCUT2D eigenvalue weighted by Crippen LogP contribution is -2.58. The Labute approximate surface area is 185 Å². The maximum absolute atomic E-state index is 13.3. The van der Waals surface area contributed by atoms with Crippen molar-refractivity contribution in [3.63, 3.8) is 0 Å². The van der Waals surface area contributed by atoms with Gasteiger partial charge < -0.3 is 18.6 Å². The summed E-state index contributed by atoms with van der Waals surface area (Å²) >= 11 is 0. The van der Waals surface area contributed by atoms with E-state index in [1.807, 2.05) is 47.4 Å². The first kappa shape index (κ1) is 19.3. The summed E-state index contributed by atoms with van der Waals surface area (Å²) in [6.07, 6.45) is 13.4. The molecule has 2 fully saturated rings. The summed E-state index contributed by atoms with van der Waals surface area (Å²) < 4.78 is 9.21. The quantitative estimate of drug-likeness (QED) is 0.500. The molecule has 7 heteroatoms. The fourth-order valence-corrected chi connectivity index (χ4v) is 5.06. The Morgan fingerprint density at radius 1 is 1.09 bits per heavy atom. The van der Waals surface area contributed by atoms with Gasteiger partial charge in [0.25, 0.3) is 5.56 Å². The van der Waals surface area contributed by atoms with Crippen molar-refractivity contribution in [1.29, 1.82) is 0 Å². The van der Waals surface area contributed by atoms with Gasteiger partial charge >= 0.3 is 0 Å². The average Bonchev–Trinajstić information content (AvgIpc) is 3.21. The number of aromatic nitrogens is 4. The Balaban J connectivity index is 1.30. The number of rotatable bonds is 4. The minimum Gasteiger partial charge on any atom is -0.381 e. The highest BCUT2D eigenvalue weighted by molar-refractivity contribution is 5.93. The van der Waals surface area contributed by atoms with Crippen LogP contribution < -0.4 is 10.5 Å². The number of hydrogen-bond donors (Lipinski definition) is 0. The molecule has 32 heavy (non-hydrogen) atoms. The molecule has 0 N–H and O–H groups in total. The number of imidazole rings is 1. The lowest BCUT2D eigenvalue weighted by Gasteiger charge is -2.53. The Morgan fingerprint density at radius 3 is 2.75 bits per heavy atom. The molecule has 0 aliphatic carbocycles. The van der Waals surface area contributed by atoms with Gasteiger partial charge in [0.1, 0.15) is 5.65 Å². The second-order valence-corrected chi connectivity index (χ2v) is 9.00. The highest BCUT2D eigenvalue weighted by Crippen LogP contribution is 2.43. The van der Waals surface area contributed by atoms with Gasteiger partial charge in [0, 0.05) is 61.9 Å². The molecule has 1 spiro atoms. The number of pyridine rings is 3. The predicted octanol–water partition coefficient (Wildman–Crippen LogP) is 3.35. The second-order valence-electron chi connectivity index (χ2n) is 9.00. The van der Waals surface area contributed by atoms with Crippen LogP contribution in [0.2, 0.25) is 0 Å². The number of hydrogen-bond acceptors (Lipinski definition) is 5. The minimum atomic E-state index is -0.0398. The van der Waals surface area contributed by atoms with Crippen LogP contribution in [0.4, 0.5) is 5.69 Å². The fourth-order valence-electron chi connectivity index (χ4n) is 5.06. The third kappa shape index (κ3) is 3.12. The summed E-state index contributed by atoms with van der Waals surface area (Å²) in [5, 5.41) is 1.62. The Morgan fingerprint density at radius 2 is 1.94 bits per heavy atom. The molecular weight excluding hydrogens is 402 g/mol. The SMILES string of the molecule is C=Cc1ccc2nc(Cn3ccc4c(N5CC6(CCOCC6)C5)cncc4c3=O)cn2c1. The van der Waals surface area contributed by atoms with Crippen molar-refractivity contribution in [3.05, 3.63) is 77.4 Å². The van der Waals surface area contributed by atoms with Crippen LogP contribution in [-0.4, -0.2) is 45.2 Å². The maximum atomic E-state index is 13.3. The first-order chi connectivity index (χ1) is 15.6. The van der Waals surface area contributed by atoms with E-state index < -0.39 is 0 Å². The lowest BCUT2D eigenvalue weighted by molar-refractivity contribution is -0.000117. The van der Waals surface area contributed by atoms with Crippen molar-refractivity contribution in [2.75, 3.05) is 31.2 Å². The van der Waals surface area contributed by atoms with Crippen LogP contribution in [0.3, 0.4) is 0 Å². The van der Waals surface area contributed by atoms with Gasteiger partial charge in [-0.1, -0.05) is 12.7 Å². The summed E-state index contributed by atoms with van der Waals surface area (Å²) in [5.74, 6) is 0. The summed E-state index contributed by atoms with van der Waals surface area (Å²) in [6, 6.07) is 5.97. The zero-order chi connectivity index (χ0) is 21.7. The summed E-state index contributed by atoms with van der Waals surface area (Å²) in [7, 11) is 0. The topological polar surface area (TPSA) is 64.7 Å². The zero-order valence-electron chi connectivity index (χ0n) is 17.9. The van der Waals surface area contributed by atoms with Crippen LogP contribution >= 0.6 is 0 Å². The van der Waals surface area contributed by atoms with E-state index in [4.69, 9.17) is 4.74 Å². The van der Waals surface area contributed by atoms with Crippen LogP contribution in [0.25, 0.3) is 22.5 Å². The maximum Gasteiger partial charge on any atom is 0.260 e. The van der Waals surface area contributed by atoms with E-state index in [1.165, 1.54) is 0 Å². The van der Waals surface area contributed by atoms with E-state index in [0.29, 0.717) is 17.3 Å². The van der Waals surface area contributed by atoms with Crippen molar-refractivity contribution in [2.45, 2.75) is 19.4 Å². The largest absolute Gasteiger partial charge is 0.381 e. The zero-order valence-corrected chi connectivity index (χ0v) is 17.9. The second kappa shape index (κ2) is 7.31. The van der Waals surface area contributed by atoms with Gasteiger partial charge in [-0.3, -0.25) is 9.78 Å². The van der Waals surface area contributed by atoms with Crippen LogP contribution in [0, 0.1) is 5.41 Å². The van der Waals surface area contributed by atoms with Gasteiger partial charge in [-0.2, -0.15) is 0 Å². The molecule has 4 aromatic rings. The first-order valence-electron chi connectivity index (χ1n) is 11.0. The monoisotopic (exact) mass is 427 g/mol. The van der Waals surface area contributed by atoms with Crippen LogP contribution in [0.1, 0.15) is 24.1 Å². The Kier molecular flexibility index (Phi) is 4.40. The van der Waals surface area contributed by atoms with E-state index in [9.17, 15) is 4.79 Å². The van der Waals surface area contributed by atoms with Gasteiger partial charge in [-0.05, 0) is 36.6 Å². The molecule has 0 amide bonds. The lowest BCUT2D eigenvalue weighted by atomic mass is 9.73. The van der Waals surface area contributed by atoms with E-state index in [-0.39, 0.29) is 5.56 Å². The standard InChI is InChI=1S/C25H25N5O2/c1-2-18-3-4-23-27-19(15-29(23)13-18)14-28-8-5-20-21(24(28)31)11-26-12-22(20)30-16-25(17-30)6-9-32-10-7-25/h2-5,8,11-13,15H,1,6-7,9-10,14,16-17H2. The van der Waals surface area contributed by atoms with Crippen LogP contribution in [0.15, 0.2) is 60.6 Å². The van der Waals surface area contributed by atoms with Crippen LogP contribution in [-0.2, 0) is 11.3 Å². The van der Waals surface area contributed by atoms with E-state index >= 15 is 0 Å². The molecule has 0 radical (unpaired) electrons. The highest BCUT2D eigenvalue weighted by Gasteiger charge is 2.44. The molecule has 162 valence electrons. The molecule has 2 aliphatic heterocycles. The highest BCUT2D eigenvalue weighted by atomic mass is 16.5. The molecule has 6 heterocycles. The molecule has 0 atom stereocenters. The molecule has 0 aromatic carbocycles. The van der Waals surface area contributed by atoms with Crippen molar-refractivity contribution in [2.24, 2.45) is 5.41 Å². The average molecular weight is 428 g/mol. The molecule has 7 nitrogen and oxygen atoms in total. The van der Waals surface area contributed by atoms with Crippen LogP contribution in [0.5, 0.6) is 0 Å². The summed E-state index contributed by atoms with van der Waals surface area (Å²) in [5.41, 5.74) is 4.08. The normalized spacial score (nSPS) is 17.7. The van der Waals surface area contributed by atoms with Crippen molar-refractivity contribution < 1.29 is 4.74 Å². The first-order valence-corrected chi connectivity index (χ1v) is 11.0. The third-order valence-electron chi connectivity index (χ3n) is 6.92. The van der Waals surface area contributed by atoms with Gasteiger partial charge in [-0.25, -0.2) is 4.98 Å². The van der Waals surface area contributed by atoms with Gasteiger partial charge in [0.2, 0.25) is 0 Å². The van der Waals surface area contributed by atoms with E-state index in [1.54, 1.807) is 16.8 Å². The van der Waals surface area contributed by atoms with Gasteiger partial charge in [0.15, 0.2) is 0 Å². The molecular formula is C25H25N5O2. The number of anilines is 1. The summed E-state index contributed by atoms with van der Waals surface area (Å²) in [4.78, 5) is 24.7. The molecule has 2 aliphatic rings. The molecule has 6 rings (SSSR count). The Hall–Kier alpha value is -3.45. The molecule has 0 saturated carbocycles. The molecule has 2 saturated heterocycles. The fraction of sp³-hybridized carbons (Fsp3) is 0.320. The third-order valence-corrected chi connectivity index (χ3v) is 6.92. The predicted molar refractivity (Wildman–Crippen MR) is 125 cm³/mol. The number of ether oxygens (including phenoxy) is 1. The smallest absolute Gasteiger partial charge is 0.260 e. The Bertz CT molecular complexity index is 1390. The number of nitrogens with zero attached hydrogens (tertiary/aromatic N) is 5. The summed E-state index contributed by atoms with van der Waals surface area (Å²) in [6.45, 7) is 7.95. The van der Waals surface area contributed by atoms with Crippen molar-refractivity contribution in [3.8, 4) is 0 Å². The van der Waals surface area contributed by atoms with E-state index in [2.05, 4.69) is 21.4 Å². The van der Waals surface area contributed by atoms with Crippen molar-refractivity contribution >= 4 is 28.2 Å². The van der Waals surface area contributed by atoms with Crippen molar-refractivity contribution in [1.82, 2.24) is 18.9 Å². The van der Waals surface area contributed by atoms with E-state index in [0.717, 1.165) is 67.1 Å². The molecule has 0 unspecified atom stereocenters. The number of fused-ring (bicyclic) bond motifs is 2. The molecule has 4 aromatic heterocycles. The minimum absolute atomic E-state index is 0.0398.